The van der Waals surface area contributed by atoms with Crippen molar-refractivity contribution >= 4 is 69.9 Å². The molecule has 4 amide bonds. The quantitative estimate of drug-likeness (QED) is 0.0569. The van der Waals surface area contributed by atoms with Gasteiger partial charge in [-0.25, -0.2) is 4.98 Å². The summed E-state index contributed by atoms with van der Waals surface area (Å²) in [5.41, 5.74) is 16.2. The molecule has 28 heteroatoms. The minimum Gasteiger partial charge on any atom is -0.489 e. The van der Waals surface area contributed by atoms with E-state index in [-0.39, 0.29) is 114 Å². The number of carbonyl (C=O) groups is 12. The number of hydrogen-bond donors (Lipinski definition) is 0. The molecule has 10 aromatic rings. The summed E-state index contributed by atoms with van der Waals surface area (Å²) in [7, 11) is 0. The van der Waals surface area contributed by atoms with Gasteiger partial charge in [-0.3, -0.25) is 67.3 Å². The molecule has 20 rings (SSSR count). The Labute approximate surface area is 758 Å². The highest BCUT2D eigenvalue weighted by Crippen LogP contribution is 2.41. The summed E-state index contributed by atoms with van der Waals surface area (Å²) < 4.78 is 36.9. The zero-order valence-electron chi connectivity index (χ0n) is 74.0. The van der Waals surface area contributed by atoms with Gasteiger partial charge in [-0.15, -0.1) is 10.2 Å². The average molecular weight is 1770 g/mol. The molecule has 8 aromatic carbocycles. The third-order valence-corrected chi connectivity index (χ3v) is 25.8. The summed E-state index contributed by atoms with van der Waals surface area (Å²) in [5, 5.41) is 7.63. The molecule has 2 aromatic heterocycles. The topological polar surface area (TPSA) is 327 Å². The van der Waals surface area contributed by atoms with Gasteiger partial charge in [0.1, 0.15) is 66.0 Å². The van der Waals surface area contributed by atoms with E-state index < -0.39 is 24.2 Å². The van der Waals surface area contributed by atoms with Crippen LogP contribution in [0.3, 0.4) is 0 Å². The molecule has 10 aliphatic rings. The molecule has 131 heavy (non-hydrogen) atoms. The number of fused-ring (bicyclic) bond motifs is 5. The Hall–Kier alpha value is -13.6. The van der Waals surface area contributed by atoms with Crippen molar-refractivity contribution in [2.45, 2.75) is 220 Å². The summed E-state index contributed by atoms with van der Waals surface area (Å²) in [5.74, 6) is 1.80. The van der Waals surface area contributed by atoms with Crippen LogP contribution < -0.4 is 18.9 Å². The molecule has 4 saturated carbocycles. The van der Waals surface area contributed by atoms with Crippen LogP contribution in [0.2, 0.25) is 0 Å². The van der Waals surface area contributed by atoms with E-state index in [0.29, 0.717) is 148 Å². The predicted octanol–water partition coefficient (Wildman–Crippen LogP) is 13.2. The van der Waals surface area contributed by atoms with Gasteiger partial charge in [-0.05, 0) is 119 Å². The summed E-state index contributed by atoms with van der Waals surface area (Å²) in [6, 6.07) is 53.3. The van der Waals surface area contributed by atoms with E-state index in [1.54, 1.807) is 62.9 Å². The van der Waals surface area contributed by atoms with Gasteiger partial charge in [0.25, 0.3) is 29.5 Å². The van der Waals surface area contributed by atoms with Crippen molar-refractivity contribution in [1.29, 1.82) is 0 Å². The van der Waals surface area contributed by atoms with Gasteiger partial charge < -0.3 is 52.3 Å². The van der Waals surface area contributed by atoms with Crippen LogP contribution in [0.1, 0.15) is 223 Å². The highest BCUT2D eigenvalue weighted by atomic mass is 16.5. The fraction of sp³-hybridized carbons (Fsp3) is 0.369. The van der Waals surface area contributed by atoms with E-state index in [1.165, 1.54) is 27.8 Å². The standard InChI is InChI=1S/C30H28N2O4.C29H31N3O4.C26H28N2O5.C18H17N3O5/c33-24-12-13-27(28(34)14-24)32-18-26-25(30(32)35)6-3-7-29(26)36-19-21-10-8-20(9-11-21)15-31-16-22-4-1-2-5-23(22)17-31;1-29(2,3)27-16-31(18-30-27)14-19-7-9-20(10-8-19)17-36-26-6-4-5-22-23(26)15-32(28(22)35)24-12-11-21(33)13-25(24)34;29-20-8-9-23(24(30)14-20)28-16-22-21(26(28)31)2-1-3-25(22)33-17-19-6-4-18(5-7-19)15-27-10-12-32-13-11-27;1-10-19-20-17(26-10)9-25-16-4-2-3-12-13(16)8-21(18(12)24)14-6-5-11(22)7-15(14)23/h1-11,27H,12-19H2;4-10,16,18,24H,11-15,17H2,1-3H3;1-7,23H,8-17H2;2-4,14H,5-9H2,1H3/t;;23-;/m..0./s1. The first-order valence-electron chi connectivity index (χ1n) is 44.9. The maximum Gasteiger partial charge on any atom is 0.255 e. The fourth-order valence-corrected chi connectivity index (χ4v) is 18.7. The first-order chi connectivity index (χ1) is 63.3. The van der Waals surface area contributed by atoms with E-state index in [0.717, 1.165) is 104 Å². The average Bonchev–Trinajstić information content (AvgIpc) is 1.64. The molecular weight excluding hydrogens is 1670 g/mol. The molecule has 1 saturated heterocycles. The second kappa shape index (κ2) is 39.4. The fourth-order valence-electron chi connectivity index (χ4n) is 18.7. The number of ketones is 8. The van der Waals surface area contributed by atoms with E-state index in [2.05, 4.69) is 154 Å². The zero-order valence-corrected chi connectivity index (χ0v) is 74.0. The second-order valence-corrected chi connectivity index (χ2v) is 36.1. The van der Waals surface area contributed by atoms with Gasteiger partial charge in [0, 0.05) is 135 Å². The molecule has 6 aliphatic heterocycles. The highest BCUT2D eigenvalue weighted by Gasteiger charge is 2.45. The Balaban J connectivity index is 0.000000123. The number of benzene rings is 8. The first kappa shape index (κ1) is 89.4. The van der Waals surface area contributed by atoms with Crippen LogP contribution in [-0.2, 0) is 134 Å². The maximum atomic E-state index is 13.0. The molecule has 0 bridgehead atoms. The number of nitrogens with zero attached hydrogens (tertiary/aromatic N) is 10. The maximum absolute atomic E-state index is 13.0. The number of morpholine rings is 1. The molecule has 674 valence electrons. The van der Waals surface area contributed by atoms with Gasteiger partial charge in [-0.2, -0.15) is 0 Å². The summed E-state index contributed by atoms with van der Waals surface area (Å²) in [6.45, 7) is 18.8. The summed E-state index contributed by atoms with van der Waals surface area (Å²) >= 11 is 0. The minimum absolute atomic E-state index is 0.0245. The van der Waals surface area contributed by atoms with Gasteiger partial charge in [0.05, 0.1) is 101 Å². The van der Waals surface area contributed by atoms with Crippen LogP contribution >= 0.6 is 0 Å². The van der Waals surface area contributed by atoms with Crippen molar-refractivity contribution in [3.63, 3.8) is 0 Å². The number of Topliss-reactive ketones (excluding diaryl/α,β-unsaturated/α-hetero) is 8. The lowest BCUT2D eigenvalue weighted by molar-refractivity contribution is -0.134. The van der Waals surface area contributed by atoms with E-state index in [9.17, 15) is 57.5 Å². The van der Waals surface area contributed by atoms with Crippen LogP contribution in [0, 0.1) is 6.92 Å². The van der Waals surface area contributed by atoms with Crippen molar-refractivity contribution in [3.05, 3.63) is 289 Å². The highest BCUT2D eigenvalue weighted by molar-refractivity contribution is 6.11. The molecule has 4 aliphatic carbocycles. The lowest BCUT2D eigenvalue weighted by Gasteiger charge is -2.29. The number of aryl methyl sites for hydroxylation is 1. The monoisotopic (exact) mass is 1770 g/mol. The van der Waals surface area contributed by atoms with Gasteiger partial charge in [-0.1, -0.05) is 142 Å². The minimum atomic E-state index is -0.543. The zero-order chi connectivity index (χ0) is 91.1. The Bertz CT molecular complexity index is 6060. The number of amides is 4. The van der Waals surface area contributed by atoms with Gasteiger partial charge >= 0.3 is 0 Å². The molecule has 5 fully saturated rings. The van der Waals surface area contributed by atoms with Crippen molar-refractivity contribution in [1.82, 2.24) is 49.1 Å². The Morgan fingerprint density at radius 3 is 1.02 bits per heavy atom. The van der Waals surface area contributed by atoms with Crippen LogP contribution in [0.4, 0.5) is 0 Å². The Morgan fingerprint density at radius 1 is 0.366 bits per heavy atom. The summed E-state index contributed by atoms with van der Waals surface area (Å²) in [4.78, 5) is 163. The molecular formula is C103H104N10O18. The van der Waals surface area contributed by atoms with Crippen molar-refractivity contribution in [3.8, 4) is 23.0 Å². The molecule has 0 N–H and O–H groups in total. The number of aromatic nitrogens is 4. The number of hydrogen-bond acceptors (Lipinski definition) is 23. The Kier molecular flexibility index (Phi) is 26.9. The van der Waals surface area contributed by atoms with Gasteiger partial charge in [0.2, 0.25) is 5.89 Å². The third-order valence-electron chi connectivity index (χ3n) is 25.8. The molecule has 0 radical (unpaired) electrons. The van der Waals surface area contributed by atoms with Crippen LogP contribution in [0.25, 0.3) is 0 Å². The molecule has 28 nitrogen and oxygen atoms in total. The SMILES string of the molecule is CC(C)(C)c1cn(Cc2ccc(COc3cccc4c3CN(C3CCC(=O)CC3=O)C4=O)cc2)cn1.Cc1nnc(COc2cccc3c2CN(C2CCC(=O)CC2=O)C3=O)o1.O=C1CCC(N2Cc3c(OCc4ccc(CN5Cc6ccccc6C5)cc4)cccc3C2=O)C(=O)C1.O=C1CC[C@H](N2Cc3c(OCc4ccc(CN5CCOCC5)cc4)cccc3C2=O)C(=O)C1. The molecule has 8 heterocycles. The van der Waals surface area contributed by atoms with Crippen molar-refractivity contribution in [2.24, 2.45) is 0 Å². The normalized spacial score (nSPS) is 19.6. The lowest BCUT2D eigenvalue weighted by Crippen LogP contribution is -2.44. The van der Waals surface area contributed by atoms with E-state index in [1.807, 2.05) is 42.7 Å². The third kappa shape index (κ3) is 20.7. The Morgan fingerprint density at radius 2 is 0.695 bits per heavy atom. The van der Waals surface area contributed by atoms with E-state index in [4.69, 9.17) is 28.1 Å². The molecule has 0 spiro atoms. The number of carbonyl (C=O) groups excluding carboxylic acids is 12. The molecule has 3 unspecified atom stereocenters. The number of rotatable bonds is 22. The second-order valence-electron chi connectivity index (χ2n) is 36.1. The summed E-state index contributed by atoms with van der Waals surface area (Å²) in [6.07, 6.45) is 6.61. The largest absolute Gasteiger partial charge is 0.489 e. The van der Waals surface area contributed by atoms with Crippen LogP contribution in [-0.4, -0.2) is 170 Å². The first-order valence-corrected chi connectivity index (χ1v) is 44.9. The lowest BCUT2D eigenvalue weighted by atomic mass is 9.92. The van der Waals surface area contributed by atoms with Crippen LogP contribution in [0.5, 0.6) is 23.0 Å². The smallest absolute Gasteiger partial charge is 0.255 e. The van der Waals surface area contributed by atoms with Gasteiger partial charge in [0.15, 0.2) is 29.7 Å². The van der Waals surface area contributed by atoms with Crippen LogP contribution in [0.15, 0.2) is 187 Å². The van der Waals surface area contributed by atoms with Crippen molar-refractivity contribution in [2.75, 3.05) is 26.3 Å². The molecule has 4 atom stereocenters. The van der Waals surface area contributed by atoms with E-state index >= 15 is 0 Å². The number of imidazole rings is 1. The van der Waals surface area contributed by atoms with Crippen molar-refractivity contribution < 1.29 is 85.6 Å². The number of ether oxygens (including phenoxy) is 5. The predicted molar refractivity (Wildman–Crippen MR) is 477 cm³/mol.